The van der Waals surface area contributed by atoms with Gasteiger partial charge >= 0.3 is 0 Å². The van der Waals surface area contributed by atoms with Crippen molar-refractivity contribution < 1.29 is 18.7 Å². The second kappa shape index (κ2) is 10.0. The van der Waals surface area contributed by atoms with E-state index >= 15 is 0 Å². The van der Waals surface area contributed by atoms with Gasteiger partial charge in [0.1, 0.15) is 5.75 Å². The average Bonchev–Trinajstić information content (AvgIpc) is 3.42. The third-order valence-electron chi connectivity index (χ3n) is 4.74. The summed E-state index contributed by atoms with van der Waals surface area (Å²) in [5.74, 6) is 2.12. The number of nitrogens with zero attached hydrogens (tertiary/aromatic N) is 3. The van der Waals surface area contributed by atoms with Crippen LogP contribution in [0.4, 0.5) is 5.69 Å². The third kappa shape index (κ3) is 4.84. The average molecular weight is 485 g/mol. The standard InChI is InChI=1S/C23H21ClN4O4S/c1-4-10-28-22(19-11-14-6-5-7-18(31-3)21(14)32-19)26-27-23(28)33-13-20(29)25-16-12-15(24)8-9-17(16)30-2/h4-9,11-12H,1,10,13H2,2-3H3,(H,25,29). The predicted octanol–water partition coefficient (Wildman–Crippen LogP) is 5.28. The number of furan rings is 1. The number of thioether (sulfide) groups is 1. The van der Waals surface area contributed by atoms with Crippen LogP contribution in [0, 0.1) is 0 Å². The number of carbonyl (C=O) groups excluding carboxylic acids is 1. The number of fused-ring (bicyclic) bond motifs is 1. The number of hydrogen-bond donors (Lipinski definition) is 1. The maximum absolute atomic E-state index is 12.6. The summed E-state index contributed by atoms with van der Waals surface area (Å²) in [6.45, 7) is 4.27. The maximum Gasteiger partial charge on any atom is 0.234 e. The van der Waals surface area contributed by atoms with Crippen molar-refractivity contribution in [1.29, 1.82) is 0 Å². The van der Waals surface area contributed by atoms with Gasteiger partial charge in [0.2, 0.25) is 11.7 Å². The van der Waals surface area contributed by atoms with E-state index in [-0.39, 0.29) is 11.7 Å². The number of rotatable bonds is 9. The molecule has 8 nitrogen and oxygen atoms in total. The Kier molecular flexibility index (Phi) is 6.90. The number of benzene rings is 2. The highest BCUT2D eigenvalue weighted by Gasteiger charge is 2.19. The molecule has 0 bridgehead atoms. The van der Waals surface area contributed by atoms with Gasteiger partial charge in [0.25, 0.3) is 0 Å². The van der Waals surface area contributed by atoms with Crippen molar-refractivity contribution in [1.82, 2.24) is 14.8 Å². The minimum absolute atomic E-state index is 0.110. The van der Waals surface area contributed by atoms with E-state index in [0.29, 0.717) is 51.1 Å². The van der Waals surface area contributed by atoms with Crippen LogP contribution in [0.25, 0.3) is 22.6 Å². The van der Waals surface area contributed by atoms with Gasteiger partial charge in [-0.2, -0.15) is 0 Å². The molecular weight excluding hydrogens is 464 g/mol. The van der Waals surface area contributed by atoms with Gasteiger partial charge in [-0.3, -0.25) is 9.36 Å². The first-order valence-electron chi connectivity index (χ1n) is 9.91. The Morgan fingerprint density at radius 1 is 1.21 bits per heavy atom. The van der Waals surface area contributed by atoms with Crippen molar-refractivity contribution in [2.75, 3.05) is 25.3 Å². The second-order valence-corrected chi connectivity index (χ2v) is 8.26. The van der Waals surface area contributed by atoms with Crippen LogP contribution in [0.15, 0.2) is 64.7 Å². The van der Waals surface area contributed by atoms with Crippen molar-refractivity contribution in [3.05, 3.63) is 60.1 Å². The van der Waals surface area contributed by atoms with Gasteiger partial charge in [-0.25, -0.2) is 0 Å². The Morgan fingerprint density at radius 2 is 2.03 bits per heavy atom. The van der Waals surface area contributed by atoms with Gasteiger partial charge in [0.05, 0.1) is 25.7 Å². The first-order valence-corrected chi connectivity index (χ1v) is 11.3. The highest BCUT2D eigenvalue weighted by Crippen LogP contribution is 2.34. The van der Waals surface area contributed by atoms with Crippen LogP contribution < -0.4 is 14.8 Å². The summed E-state index contributed by atoms with van der Waals surface area (Å²) in [5, 5.41) is 13.3. The van der Waals surface area contributed by atoms with Gasteiger partial charge in [-0.15, -0.1) is 16.8 Å². The van der Waals surface area contributed by atoms with Crippen LogP contribution in [-0.4, -0.2) is 40.6 Å². The van der Waals surface area contributed by atoms with Crippen molar-refractivity contribution >= 4 is 45.9 Å². The molecule has 2 heterocycles. The van der Waals surface area contributed by atoms with E-state index in [4.69, 9.17) is 25.5 Å². The molecule has 2 aromatic carbocycles. The molecule has 0 fully saturated rings. The Labute approximate surface area is 199 Å². The first kappa shape index (κ1) is 22.8. The third-order valence-corrected chi connectivity index (χ3v) is 5.95. The SMILES string of the molecule is C=CCn1c(SCC(=O)Nc2cc(Cl)ccc2OC)nnc1-c1cc2cccc(OC)c2o1. The monoisotopic (exact) mass is 484 g/mol. The zero-order valence-corrected chi connectivity index (χ0v) is 19.6. The lowest BCUT2D eigenvalue weighted by molar-refractivity contribution is -0.113. The highest BCUT2D eigenvalue weighted by atomic mass is 35.5. The molecule has 0 saturated heterocycles. The summed E-state index contributed by atoms with van der Waals surface area (Å²) in [6.07, 6.45) is 1.73. The van der Waals surface area contributed by atoms with E-state index < -0.39 is 0 Å². The van der Waals surface area contributed by atoms with Gasteiger partial charge in [0.15, 0.2) is 22.2 Å². The molecule has 170 valence electrons. The fourth-order valence-corrected chi connectivity index (χ4v) is 4.19. The van der Waals surface area contributed by atoms with Crippen molar-refractivity contribution in [3.8, 4) is 23.1 Å². The van der Waals surface area contributed by atoms with Crippen molar-refractivity contribution in [2.24, 2.45) is 0 Å². The number of para-hydroxylation sites is 1. The molecule has 0 atom stereocenters. The number of allylic oxidation sites excluding steroid dienone is 1. The van der Waals surface area contributed by atoms with Crippen LogP contribution in [0.3, 0.4) is 0 Å². The molecule has 1 amide bonds. The van der Waals surface area contributed by atoms with E-state index in [1.165, 1.54) is 18.9 Å². The summed E-state index contributed by atoms with van der Waals surface area (Å²) >= 11 is 7.29. The Morgan fingerprint density at radius 3 is 2.79 bits per heavy atom. The molecule has 0 unspecified atom stereocenters. The molecular formula is C23H21ClN4O4S. The number of methoxy groups -OCH3 is 2. The second-order valence-electron chi connectivity index (χ2n) is 6.88. The lowest BCUT2D eigenvalue weighted by Gasteiger charge is -2.10. The molecule has 0 spiro atoms. The number of anilines is 1. The molecule has 33 heavy (non-hydrogen) atoms. The Hall–Kier alpha value is -3.43. The topological polar surface area (TPSA) is 91.4 Å². The molecule has 0 radical (unpaired) electrons. The van der Waals surface area contributed by atoms with Crippen LogP contribution >= 0.6 is 23.4 Å². The predicted molar refractivity (Wildman–Crippen MR) is 129 cm³/mol. The molecule has 0 aliphatic rings. The fraction of sp³-hybridized carbons (Fsp3) is 0.174. The van der Waals surface area contributed by atoms with Crippen LogP contribution in [0.5, 0.6) is 11.5 Å². The Balaban J connectivity index is 1.54. The zero-order chi connectivity index (χ0) is 23.4. The molecule has 4 rings (SSSR count). The van der Waals surface area contributed by atoms with Crippen LogP contribution in [0.2, 0.25) is 5.02 Å². The van der Waals surface area contributed by atoms with Crippen molar-refractivity contribution in [3.63, 3.8) is 0 Å². The van der Waals surface area contributed by atoms with Crippen LogP contribution in [-0.2, 0) is 11.3 Å². The number of halogens is 1. The molecule has 1 N–H and O–H groups in total. The summed E-state index contributed by atoms with van der Waals surface area (Å²) in [7, 11) is 3.12. The normalized spacial score (nSPS) is 10.9. The lowest BCUT2D eigenvalue weighted by Crippen LogP contribution is -2.15. The fourth-order valence-electron chi connectivity index (χ4n) is 3.27. The van der Waals surface area contributed by atoms with E-state index in [1.807, 2.05) is 28.8 Å². The van der Waals surface area contributed by atoms with Gasteiger partial charge in [-0.05, 0) is 30.3 Å². The molecule has 10 heteroatoms. The summed E-state index contributed by atoms with van der Waals surface area (Å²) < 4.78 is 18.5. The van der Waals surface area contributed by atoms with E-state index in [1.54, 1.807) is 31.4 Å². The molecule has 4 aromatic rings. The maximum atomic E-state index is 12.6. The Bertz CT molecular complexity index is 1320. The quantitative estimate of drug-likeness (QED) is 0.255. The van der Waals surface area contributed by atoms with Crippen molar-refractivity contribution in [2.45, 2.75) is 11.7 Å². The van der Waals surface area contributed by atoms with E-state index in [2.05, 4.69) is 22.1 Å². The number of ether oxygens (including phenoxy) is 2. The zero-order valence-electron chi connectivity index (χ0n) is 18.0. The number of nitrogens with one attached hydrogen (secondary N) is 1. The molecule has 0 aliphatic carbocycles. The number of amides is 1. The molecule has 2 aromatic heterocycles. The highest BCUT2D eigenvalue weighted by molar-refractivity contribution is 7.99. The van der Waals surface area contributed by atoms with Gasteiger partial charge < -0.3 is 19.2 Å². The smallest absolute Gasteiger partial charge is 0.234 e. The summed E-state index contributed by atoms with van der Waals surface area (Å²) in [6, 6.07) is 12.6. The first-order chi connectivity index (χ1) is 16.0. The number of hydrogen-bond acceptors (Lipinski definition) is 7. The van der Waals surface area contributed by atoms with E-state index in [0.717, 1.165) is 5.39 Å². The van der Waals surface area contributed by atoms with E-state index in [9.17, 15) is 4.79 Å². The van der Waals surface area contributed by atoms with Gasteiger partial charge in [-0.1, -0.05) is 41.6 Å². The minimum Gasteiger partial charge on any atom is -0.495 e. The largest absolute Gasteiger partial charge is 0.495 e. The lowest BCUT2D eigenvalue weighted by atomic mass is 10.2. The minimum atomic E-state index is -0.233. The van der Waals surface area contributed by atoms with Gasteiger partial charge in [0, 0.05) is 17.0 Å². The summed E-state index contributed by atoms with van der Waals surface area (Å²) in [5.41, 5.74) is 1.13. The molecule has 0 saturated carbocycles. The number of aromatic nitrogens is 3. The molecule has 0 aliphatic heterocycles. The number of carbonyl (C=O) groups is 1. The van der Waals surface area contributed by atoms with Crippen LogP contribution in [0.1, 0.15) is 0 Å². The summed E-state index contributed by atoms with van der Waals surface area (Å²) in [4.78, 5) is 12.6.